The molecule has 1 heterocycles. The van der Waals surface area contributed by atoms with Crippen LogP contribution >= 0.6 is 11.6 Å². The summed E-state index contributed by atoms with van der Waals surface area (Å²) in [5.74, 6) is -0.0568. The molecule has 110 valence electrons. The first-order chi connectivity index (χ1) is 9.51. The maximum atomic E-state index is 12.4. The number of hydrogen-bond donors (Lipinski definition) is 2. The minimum atomic E-state index is -0.0568. The van der Waals surface area contributed by atoms with Gasteiger partial charge in [-0.1, -0.05) is 11.6 Å². The lowest BCUT2D eigenvalue weighted by atomic mass is 9.98. The lowest BCUT2D eigenvalue weighted by Crippen LogP contribution is -2.47. The zero-order chi connectivity index (χ0) is 14.7. The summed E-state index contributed by atoms with van der Waals surface area (Å²) < 4.78 is 0. The normalized spacial score (nSPS) is 23.4. The van der Waals surface area contributed by atoms with Crippen LogP contribution in [0.15, 0.2) is 18.2 Å². The molecule has 1 aromatic rings. The number of likely N-dealkylation sites (tertiary alicyclic amines) is 1. The molecule has 0 aromatic heterocycles. The number of benzene rings is 1. The molecule has 1 aliphatic rings. The van der Waals surface area contributed by atoms with Crippen LogP contribution in [0.5, 0.6) is 0 Å². The first kappa shape index (κ1) is 15.1. The summed E-state index contributed by atoms with van der Waals surface area (Å²) in [5, 5.41) is 6.73. The summed E-state index contributed by atoms with van der Waals surface area (Å²) in [6, 6.07) is 6.05. The summed E-state index contributed by atoms with van der Waals surface area (Å²) >= 11 is 5.99. The number of carbonyl (C=O) groups is 1. The van der Waals surface area contributed by atoms with Gasteiger partial charge in [0.15, 0.2) is 0 Å². The molecule has 0 bridgehead atoms. The number of nitrogens with one attached hydrogen (secondary N) is 2. The van der Waals surface area contributed by atoms with Crippen LogP contribution in [0.25, 0.3) is 0 Å². The second kappa shape index (κ2) is 6.46. The van der Waals surface area contributed by atoms with Gasteiger partial charge in [-0.3, -0.25) is 4.79 Å². The van der Waals surface area contributed by atoms with E-state index >= 15 is 0 Å². The van der Waals surface area contributed by atoms with Crippen molar-refractivity contribution in [3.8, 4) is 0 Å². The van der Waals surface area contributed by atoms with Gasteiger partial charge in [-0.05, 0) is 45.0 Å². The van der Waals surface area contributed by atoms with E-state index in [-0.39, 0.29) is 11.9 Å². The number of nitrogens with zero attached hydrogens (tertiary/aromatic N) is 1. The Morgan fingerprint density at radius 2 is 2.20 bits per heavy atom. The summed E-state index contributed by atoms with van der Waals surface area (Å²) in [4.78, 5) is 14.7. The van der Waals surface area contributed by atoms with Crippen LogP contribution in [0.2, 0.25) is 5.02 Å². The highest BCUT2D eigenvalue weighted by Crippen LogP contribution is 2.21. The molecule has 2 rings (SSSR count). The topological polar surface area (TPSA) is 44.4 Å². The van der Waals surface area contributed by atoms with Crippen molar-refractivity contribution < 1.29 is 4.79 Å². The summed E-state index contributed by atoms with van der Waals surface area (Å²) in [6.45, 7) is 3.21. The van der Waals surface area contributed by atoms with Gasteiger partial charge in [0.25, 0.3) is 5.91 Å². The van der Waals surface area contributed by atoms with Crippen molar-refractivity contribution in [3.63, 3.8) is 0 Å². The molecule has 1 saturated heterocycles. The van der Waals surface area contributed by atoms with Gasteiger partial charge < -0.3 is 15.5 Å². The van der Waals surface area contributed by atoms with Gasteiger partial charge in [0.05, 0.1) is 5.56 Å². The minimum Gasteiger partial charge on any atom is -0.387 e. The fraction of sp³-hybridized carbons (Fsp3) is 0.533. The van der Waals surface area contributed by atoms with Crippen molar-refractivity contribution in [3.05, 3.63) is 28.8 Å². The summed E-state index contributed by atoms with van der Waals surface area (Å²) in [5.41, 5.74) is 1.40. The Hall–Kier alpha value is -1.26. The Bertz CT molecular complexity index is 492. The molecule has 1 aromatic carbocycles. The van der Waals surface area contributed by atoms with Crippen LogP contribution in [0.4, 0.5) is 5.69 Å². The number of hydrogen-bond acceptors (Lipinski definition) is 3. The second-order valence-corrected chi connectivity index (χ2v) is 5.90. The fourth-order valence-electron chi connectivity index (χ4n) is 2.61. The molecule has 1 amide bonds. The van der Waals surface area contributed by atoms with Crippen LogP contribution in [-0.2, 0) is 0 Å². The molecule has 0 aliphatic carbocycles. The van der Waals surface area contributed by atoms with Crippen LogP contribution in [0.3, 0.4) is 0 Å². The summed E-state index contributed by atoms with van der Waals surface area (Å²) in [7, 11) is 3.93. The smallest absolute Gasteiger partial charge is 0.253 e. The number of amides is 1. The van der Waals surface area contributed by atoms with Crippen molar-refractivity contribution >= 4 is 23.2 Å². The Morgan fingerprint density at radius 3 is 2.85 bits per heavy atom. The zero-order valence-electron chi connectivity index (χ0n) is 12.2. The first-order valence-corrected chi connectivity index (χ1v) is 7.37. The average molecular weight is 296 g/mol. The van der Waals surface area contributed by atoms with E-state index in [1.165, 1.54) is 0 Å². The number of anilines is 1. The zero-order valence-corrected chi connectivity index (χ0v) is 13.0. The number of piperidine rings is 1. The van der Waals surface area contributed by atoms with Gasteiger partial charge in [-0.2, -0.15) is 0 Å². The van der Waals surface area contributed by atoms with Gasteiger partial charge in [-0.15, -0.1) is 0 Å². The molecule has 2 N–H and O–H groups in total. The standard InChI is InChI=1S/C15H22ClN3O/c1-10-8-12(6-7-19(10)3)18-15(20)13-9-11(16)4-5-14(13)17-2/h4-5,9-10,12,17H,6-8H2,1-3H3,(H,18,20). The predicted octanol–water partition coefficient (Wildman–Crippen LogP) is 2.59. The van der Waals surface area contributed by atoms with Gasteiger partial charge >= 0.3 is 0 Å². The van der Waals surface area contributed by atoms with E-state index in [4.69, 9.17) is 11.6 Å². The van der Waals surface area contributed by atoms with Gasteiger partial charge in [-0.25, -0.2) is 0 Å². The largest absolute Gasteiger partial charge is 0.387 e. The highest BCUT2D eigenvalue weighted by Gasteiger charge is 2.24. The van der Waals surface area contributed by atoms with E-state index in [2.05, 4.69) is 29.5 Å². The lowest BCUT2D eigenvalue weighted by molar-refractivity contribution is 0.0897. The maximum Gasteiger partial charge on any atom is 0.253 e. The third-order valence-corrected chi connectivity index (χ3v) is 4.27. The molecule has 5 heteroatoms. The van der Waals surface area contributed by atoms with Crippen LogP contribution < -0.4 is 10.6 Å². The van der Waals surface area contributed by atoms with Crippen LogP contribution in [0, 0.1) is 0 Å². The molecule has 0 radical (unpaired) electrons. The minimum absolute atomic E-state index is 0.0568. The van der Waals surface area contributed by atoms with E-state index < -0.39 is 0 Å². The van der Waals surface area contributed by atoms with Crippen LogP contribution in [0.1, 0.15) is 30.1 Å². The molecule has 4 nitrogen and oxygen atoms in total. The predicted molar refractivity (Wildman–Crippen MR) is 83.6 cm³/mol. The quantitative estimate of drug-likeness (QED) is 0.901. The molecule has 2 atom stereocenters. The molecular weight excluding hydrogens is 274 g/mol. The molecule has 2 unspecified atom stereocenters. The Morgan fingerprint density at radius 1 is 1.45 bits per heavy atom. The molecule has 0 spiro atoms. The van der Waals surface area contributed by atoms with Crippen LogP contribution in [-0.4, -0.2) is 43.5 Å². The van der Waals surface area contributed by atoms with Crippen molar-refractivity contribution in [2.75, 3.05) is 26.0 Å². The van der Waals surface area contributed by atoms with Gasteiger partial charge in [0, 0.05) is 36.4 Å². The molecule has 0 saturated carbocycles. The van der Waals surface area contributed by atoms with Crippen molar-refractivity contribution in [2.45, 2.75) is 31.8 Å². The second-order valence-electron chi connectivity index (χ2n) is 5.46. The van der Waals surface area contributed by atoms with Crippen molar-refractivity contribution in [2.24, 2.45) is 0 Å². The molecular formula is C15H22ClN3O. The third-order valence-electron chi connectivity index (χ3n) is 4.04. The Kier molecular flexibility index (Phi) is 4.89. The highest BCUT2D eigenvalue weighted by molar-refractivity contribution is 6.31. The maximum absolute atomic E-state index is 12.4. The number of carbonyl (C=O) groups excluding carboxylic acids is 1. The molecule has 20 heavy (non-hydrogen) atoms. The number of halogens is 1. The fourth-order valence-corrected chi connectivity index (χ4v) is 2.78. The Labute approximate surface area is 125 Å². The monoisotopic (exact) mass is 295 g/mol. The highest BCUT2D eigenvalue weighted by atomic mass is 35.5. The van der Waals surface area contributed by atoms with Crippen molar-refractivity contribution in [1.82, 2.24) is 10.2 Å². The average Bonchev–Trinajstić information content (AvgIpc) is 2.43. The van der Waals surface area contributed by atoms with E-state index in [1.54, 1.807) is 19.2 Å². The summed E-state index contributed by atoms with van der Waals surface area (Å²) in [6.07, 6.45) is 1.97. The van der Waals surface area contributed by atoms with E-state index in [0.29, 0.717) is 16.6 Å². The van der Waals surface area contributed by atoms with E-state index in [1.807, 2.05) is 6.07 Å². The van der Waals surface area contributed by atoms with E-state index in [9.17, 15) is 4.79 Å². The lowest BCUT2D eigenvalue weighted by Gasteiger charge is -2.35. The SMILES string of the molecule is CNc1ccc(Cl)cc1C(=O)NC1CCN(C)C(C)C1. The van der Waals surface area contributed by atoms with Gasteiger partial charge in [0.1, 0.15) is 0 Å². The van der Waals surface area contributed by atoms with E-state index in [0.717, 1.165) is 25.1 Å². The molecule has 1 fully saturated rings. The Balaban J connectivity index is 2.07. The first-order valence-electron chi connectivity index (χ1n) is 6.99. The third kappa shape index (κ3) is 3.44. The van der Waals surface area contributed by atoms with Crippen molar-refractivity contribution in [1.29, 1.82) is 0 Å². The number of rotatable bonds is 3. The van der Waals surface area contributed by atoms with Gasteiger partial charge in [0.2, 0.25) is 0 Å². The molecule has 1 aliphatic heterocycles.